The van der Waals surface area contributed by atoms with E-state index in [2.05, 4.69) is 10.4 Å². The number of halogens is 3. The Kier molecular flexibility index (Phi) is 6.16. The van der Waals surface area contributed by atoms with Crippen molar-refractivity contribution in [1.82, 2.24) is 9.78 Å². The van der Waals surface area contributed by atoms with E-state index in [9.17, 15) is 27.6 Å². The average molecular weight is 453 g/mol. The van der Waals surface area contributed by atoms with Crippen molar-refractivity contribution in [2.24, 2.45) is 5.92 Å². The molecule has 0 saturated heterocycles. The smallest absolute Gasteiger partial charge is 0.416 e. The van der Waals surface area contributed by atoms with Crippen molar-refractivity contribution in [3.63, 3.8) is 0 Å². The zero-order chi connectivity index (χ0) is 22.9. The minimum absolute atomic E-state index is 0.0250. The molecule has 0 bridgehead atoms. The number of nitrogens with zero attached hydrogens (tertiary/aromatic N) is 2. The predicted molar refractivity (Wildman–Crippen MR) is 110 cm³/mol. The summed E-state index contributed by atoms with van der Waals surface area (Å²) >= 11 is 1.04. The van der Waals surface area contributed by atoms with Crippen LogP contribution < -0.4 is 10.9 Å². The van der Waals surface area contributed by atoms with Gasteiger partial charge in [0.2, 0.25) is 5.91 Å². The maximum absolute atomic E-state index is 13.2. The van der Waals surface area contributed by atoms with Crippen LogP contribution in [0.25, 0.3) is 16.5 Å². The summed E-state index contributed by atoms with van der Waals surface area (Å²) in [4.78, 5) is 37.8. The molecule has 0 unspecified atom stereocenters. The van der Waals surface area contributed by atoms with Gasteiger partial charge in [0.05, 0.1) is 23.2 Å². The summed E-state index contributed by atoms with van der Waals surface area (Å²) in [6.45, 7) is 5.01. The molecule has 0 saturated carbocycles. The van der Waals surface area contributed by atoms with Gasteiger partial charge in [-0.15, -0.1) is 11.3 Å². The number of benzene rings is 1. The number of hydrogen-bond donors (Lipinski definition) is 1. The number of amides is 1. The maximum Gasteiger partial charge on any atom is 0.416 e. The van der Waals surface area contributed by atoms with Gasteiger partial charge in [-0.05, 0) is 31.2 Å². The Morgan fingerprint density at radius 2 is 1.87 bits per heavy atom. The highest BCUT2D eigenvalue weighted by molar-refractivity contribution is 7.16. The summed E-state index contributed by atoms with van der Waals surface area (Å²) in [6, 6.07) is 3.78. The number of fused-ring (bicyclic) bond motifs is 1. The summed E-state index contributed by atoms with van der Waals surface area (Å²) in [7, 11) is 0. The number of ether oxygens (including phenoxy) is 1. The first kappa shape index (κ1) is 22.5. The number of nitrogens with one attached hydrogen (secondary N) is 1. The first-order valence-corrected chi connectivity index (χ1v) is 10.1. The molecule has 164 valence electrons. The fourth-order valence-electron chi connectivity index (χ4n) is 2.71. The molecular weight excluding hydrogens is 435 g/mol. The predicted octanol–water partition coefficient (Wildman–Crippen LogP) is 4.24. The number of esters is 1. The third kappa shape index (κ3) is 4.46. The first-order chi connectivity index (χ1) is 14.5. The molecule has 0 spiro atoms. The molecule has 3 aromatic rings. The molecule has 2 heterocycles. The van der Waals surface area contributed by atoms with Gasteiger partial charge in [0.25, 0.3) is 5.56 Å². The van der Waals surface area contributed by atoms with Gasteiger partial charge in [0, 0.05) is 16.7 Å². The van der Waals surface area contributed by atoms with E-state index >= 15 is 0 Å². The van der Waals surface area contributed by atoms with E-state index in [0.717, 1.165) is 40.3 Å². The number of thiophene rings is 1. The molecule has 0 aliphatic rings. The van der Waals surface area contributed by atoms with Gasteiger partial charge in [0.15, 0.2) is 5.69 Å². The Bertz CT molecular complexity index is 1200. The summed E-state index contributed by atoms with van der Waals surface area (Å²) < 4.78 is 44.5. The minimum atomic E-state index is -4.54. The van der Waals surface area contributed by atoms with Crippen LogP contribution in [0.4, 0.5) is 18.2 Å². The first-order valence-electron chi connectivity index (χ1n) is 9.24. The Hall–Kier alpha value is -3.21. The highest BCUT2D eigenvalue weighted by atomic mass is 32.1. The summed E-state index contributed by atoms with van der Waals surface area (Å²) in [5.74, 6) is -1.49. The van der Waals surface area contributed by atoms with Crippen LogP contribution in [0.5, 0.6) is 0 Å². The van der Waals surface area contributed by atoms with Crippen LogP contribution in [0.1, 0.15) is 36.8 Å². The molecule has 1 amide bonds. The molecule has 0 radical (unpaired) electrons. The topological polar surface area (TPSA) is 90.3 Å². The second kappa shape index (κ2) is 8.50. The Labute approximate surface area is 178 Å². The van der Waals surface area contributed by atoms with Crippen molar-refractivity contribution in [2.75, 3.05) is 11.9 Å². The summed E-state index contributed by atoms with van der Waals surface area (Å²) in [5.41, 5.74) is -1.74. The minimum Gasteiger partial charge on any atom is -0.461 e. The molecule has 0 fully saturated rings. The fraction of sp³-hybridized carbons (Fsp3) is 0.300. The molecule has 11 heteroatoms. The Balaban J connectivity index is 2.23. The number of anilines is 1. The zero-order valence-corrected chi connectivity index (χ0v) is 17.6. The number of carbonyl (C=O) groups is 2. The van der Waals surface area contributed by atoms with Crippen LogP contribution in [-0.2, 0) is 15.7 Å². The van der Waals surface area contributed by atoms with E-state index < -0.39 is 23.3 Å². The van der Waals surface area contributed by atoms with E-state index in [0.29, 0.717) is 0 Å². The number of alkyl halides is 3. The molecular formula is C20H18F3N3O4S. The normalized spacial score (nSPS) is 11.7. The lowest BCUT2D eigenvalue weighted by Crippen LogP contribution is -2.26. The average Bonchev–Trinajstić information content (AvgIpc) is 3.12. The van der Waals surface area contributed by atoms with Gasteiger partial charge in [-0.2, -0.15) is 23.0 Å². The molecule has 0 aliphatic heterocycles. The van der Waals surface area contributed by atoms with Crippen LogP contribution >= 0.6 is 11.3 Å². The van der Waals surface area contributed by atoms with Crippen molar-refractivity contribution in [1.29, 1.82) is 0 Å². The van der Waals surface area contributed by atoms with Crippen LogP contribution in [0, 0.1) is 5.92 Å². The largest absolute Gasteiger partial charge is 0.461 e. The lowest BCUT2D eigenvalue weighted by molar-refractivity contribution is -0.137. The van der Waals surface area contributed by atoms with Crippen LogP contribution in [0.3, 0.4) is 0 Å². The van der Waals surface area contributed by atoms with Crippen molar-refractivity contribution in [2.45, 2.75) is 26.9 Å². The second-order valence-electron chi connectivity index (χ2n) is 6.83. The molecule has 0 aliphatic carbocycles. The Morgan fingerprint density at radius 1 is 1.23 bits per heavy atom. The van der Waals surface area contributed by atoms with Gasteiger partial charge in [-0.1, -0.05) is 13.8 Å². The van der Waals surface area contributed by atoms with Crippen LogP contribution in [0.15, 0.2) is 34.4 Å². The highest BCUT2D eigenvalue weighted by Gasteiger charge is 2.30. The third-order valence-electron chi connectivity index (χ3n) is 4.32. The van der Waals surface area contributed by atoms with E-state index in [1.165, 1.54) is 5.38 Å². The quantitative estimate of drug-likeness (QED) is 0.584. The number of rotatable bonds is 5. The van der Waals surface area contributed by atoms with Gasteiger partial charge in [-0.3, -0.25) is 9.59 Å². The lowest BCUT2D eigenvalue weighted by atomic mass is 10.2. The molecule has 7 nitrogen and oxygen atoms in total. The molecule has 1 aromatic carbocycles. The summed E-state index contributed by atoms with van der Waals surface area (Å²) in [6.07, 6.45) is -4.54. The van der Waals surface area contributed by atoms with Crippen LogP contribution in [-0.4, -0.2) is 28.3 Å². The SMILES string of the molecule is CCOC(=O)c1nn(-c2ccc(C(F)(F)F)cc2)c(=O)c2c(NC(=O)C(C)C)scc12. The summed E-state index contributed by atoms with van der Waals surface area (Å²) in [5, 5.41) is 8.63. The second-order valence-corrected chi connectivity index (χ2v) is 7.71. The van der Waals surface area contributed by atoms with Gasteiger partial charge < -0.3 is 10.1 Å². The van der Waals surface area contributed by atoms with Crippen molar-refractivity contribution >= 4 is 39.0 Å². The van der Waals surface area contributed by atoms with Gasteiger partial charge in [0.1, 0.15) is 5.00 Å². The standard InChI is InChI=1S/C20H18F3N3O4S/c1-4-30-19(29)15-13-9-31-17(24-16(27)10(2)3)14(13)18(28)26(25-15)12-7-5-11(6-8-12)20(21,22)23/h5-10H,4H2,1-3H3,(H,24,27). The van der Waals surface area contributed by atoms with Crippen LogP contribution in [0.2, 0.25) is 0 Å². The van der Waals surface area contributed by atoms with Crippen molar-refractivity contribution in [3.05, 3.63) is 51.3 Å². The van der Waals surface area contributed by atoms with E-state index in [1.807, 2.05) is 0 Å². The van der Waals surface area contributed by atoms with E-state index in [-0.39, 0.29) is 45.6 Å². The lowest BCUT2D eigenvalue weighted by Gasteiger charge is -2.11. The maximum atomic E-state index is 13.2. The molecule has 3 rings (SSSR count). The van der Waals surface area contributed by atoms with Gasteiger partial charge >= 0.3 is 12.1 Å². The van der Waals surface area contributed by atoms with Crippen molar-refractivity contribution in [3.8, 4) is 5.69 Å². The number of hydrogen-bond acceptors (Lipinski definition) is 6. The third-order valence-corrected chi connectivity index (χ3v) is 5.22. The fourth-order valence-corrected chi connectivity index (χ4v) is 3.65. The molecule has 2 aromatic heterocycles. The number of aromatic nitrogens is 2. The van der Waals surface area contributed by atoms with Crippen molar-refractivity contribution < 1.29 is 27.5 Å². The Morgan fingerprint density at radius 3 is 2.42 bits per heavy atom. The molecule has 1 N–H and O–H groups in total. The van der Waals surface area contributed by atoms with E-state index in [4.69, 9.17) is 4.74 Å². The highest BCUT2D eigenvalue weighted by Crippen LogP contribution is 2.32. The van der Waals surface area contributed by atoms with E-state index in [1.54, 1.807) is 20.8 Å². The molecule has 0 atom stereocenters. The molecule has 31 heavy (non-hydrogen) atoms. The van der Waals surface area contributed by atoms with Gasteiger partial charge in [-0.25, -0.2) is 4.79 Å². The zero-order valence-electron chi connectivity index (χ0n) is 16.7. The monoisotopic (exact) mass is 453 g/mol. The number of carbonyl (C=O) groups excluding carboxylic acids is 2.